The number of aromatic nitrogens is 1. The molecule has 0 aliphatic carbocycles. The van der Waals surface area contributed by atoms with E-state index in [1.807, 2.05) is 0 Å². The highest BCUT2D eigenvalue weighted by Gasteiger charge is 2.11. The molecule has 1 aromatic heterocycles. The number of aromatic amines is 1. The van der Waals surface area contributed by atoms with Crippen LogP contribution in [0.3, 0.4) is 0 Å². The van der Waals surface area contributed by atoms with Crippen LogP contribution in [0.1, 0.15) is 28.5 Å². The van der Waals surface area contributed by atoms with E-state index in [1.165, 1.54) is 6.07 Å². The van der Waals surface area contributed by atoms with Crippen LogP contribution in [0.5, 0.6) is 0 Å². The minimum absolute atomic E-state index is 0.0167. The smallest absolute Gasteiger partial charge is 0.354 e. The number of nitriles is 1. The summed E-state index contributed by atoms with van der Waals surface area (Å²) in [4.78, 5) is 24.9. The second-order valence-electron chi connectivity index (χ2n) is 2.90. The highest BCUT2D eigenvalue weighted by atomic mass is 16.5. The van der Waals surface area contributed by atoms with E-state index >= 15 is 0 Å². The van der Waals surface area contributed by atoms with Gasteiger partial charge in [0.05, 0.1) is 6.61 Å². The number of aryl methyl sites for hydroxylation is 1. The van der Waals surface area contributed by atoms with E-state index in [0.29, 0.717) is 5.56 Å². The molecular weight excluding hydrogens is 196 g/mol. The zero-order valence-corrected chi connectivity index (χ0v) is 8.46. The van der Waals surface area contributed by atoms with Crippen molar-refractivity contribution in [1.29, 1.82) is 5.26 Å². The van der Waals surface area contributed by atoms with Crippen molar-refractivity contribution >= 4 is 5.97 Å². The summed E-state index contributed by atoms with van der Waals surface area (Å²) in [5.41, 5.74) is -0.0220. The molecule has 1 N–H and O–H groups in total. The Hall–Kier alpha value is -2.09. The van der Waals surface area contributed by atoms with Crippen LogP contribution in [0.2, 0.25) is 0 Å². The van der Waals surface area contributed by atoms with Gasteiger partial charge < -0.3 is 9.72 Å². The molecule has 1 aromatic rings. The summed E-state index contributed by atoms with van der Waals surface area (Å²) >= 11 is 0. The molecule has 5 nitrogen and oxygen atoms in total. The molecule has 0 spiro atoms. The molecule has 5 heteroatoms. The van der Waals surface area contributed by atoms with Crippen molar-refractivity contribution in [3.05, 3.63) is 33.2 Å². The molecule has 1 heterocycles. The van der Waals surface area contributed by atoms with Crippen LogP contribution in [0.4, 0.5) is 0 Å². The first-order chi connectivity index (χ1) is 7.10. The van der Waals surface area contributed by atoms with Crippen molar-refractivity contribution in [2.45, 2.75) is 13.8 Å². The molecule has 0 aromatic carbocycles. The fourth-order valence-electron chi connectivity index (χ4n) is 1.15. The van der Waals surface area contributed by atoms with Crippen LogP contribution in [0.15, 0.2) is 10.9 Å². The van der Waals surface area contributed by atoms with E-state index in [1.54, 1.807) is 19.9 Å². The van der Waals surface area contributed by atoms with Crippen LogP contribution < -0.4 is 5.56 Å². The summed E-state index contributed by atoms with van der Waals surface area (Å²) in [6.45, 7) is 3.50. The summed E-state index contributed by atoms with van der Waals surface area (Å²) in [5.74, 6) is -0.595. The third kappa shape index (κ3) is 2.23. The fraction of sp³-hybridized carbons (Fsp3) is 0.300. The number of esters is 1. The summed E-state index contributed by atoms with van der Waals surface area (Å²) < 4.78 is 4.72. The number of rotatable bonds is 2. The Morgan fingerprint density at radius 3 is 2.80 bits per heavy atom. The molecule has 0 bridgehead atoms. The Morgan fingerprint density at radius 1 is 1.67 bits per heavy atom. The molecule has 0 amide bonds. The van der Waals surface area contributed by atoms with E-state index in [4.69, 9.17) is 10.00 Å². The summed E-state index contributed by atoms with van der Waals surface area (Å²) in [6, 6.07) is 3.19. The van der Waals surface area contributed by atoms with Crippen molar-refractivity contribution < 1.29 is 9.53 Å². The number of ether oxygens (including phenoxy) is 1. The maximum atomic E-state index is 11.3. The number of hydrogen-bond donors (Lipinski definition) is 1. The summed E-state index contributed by atoms with van der Waals surface area (Å²) in [5, 5.41) is 8.65. The molecule has 78 valence electrons. The van der Waals surface area contributed by atoms with Gasteiger partial charge in [0.2, 0.25) is 0 Å². The average Bonchev–Trinajstić information content (AvgIpc) is 2.17. The van der Waals surface area contributed by atoms with Gasteiger partial charge in [0.25, 0.3) is 5.56 Å². The van der Waals surface area contributed by atoms with Gasteiger partial charge in [0.15, 0.2) is 0 Å². The molecule has 0 saturated carbocycles. The second kappa shape index (κ2) is 4.42. The molecule has 15 heavy (non-hydrogen) atoms. The normalized spacial score (nSPS) is 9.40. The Balaban J connectivity index is 3.22. The monoisotopic (exact) mass is 206 g/mol. The minimum Gasteiger partial charge on any atom is -0.461 e. The van der Waals surface area contributed by atoms with Crippen molar-refractivity contribution in [2.75, 3.05) is 6.61 Å². The predicted molar refractivity (Wildman–Crippen MR) is 52.5 cm³/mol. The lowest BCUT2D eigenvalue weighted by Crippen LogP contribution is -2.18. The van der Waals surface area contributed by atoms with Gasteiger partial charge in [-0.25, -0.2) is 4.79 Å². The molecule has 0 saturated heterocycles. The summed E-state index contributed by atoms with van der Waals surface area (Å²) in [6.07, 6.45) is 0. The average molecular weight is 206 g/mol. The van der Waals surface area contributed by atoms with E-state index in [0.717, 1.165) is 0 Å². The Labute approximate surface area is 86.3 Å². The largest absolute Gasteiger partial charge is 0.461 e. The van der Waals surface area contributed by atoms with Gasteiger partial charge in [0.1, 0.15) is 17.3 Å². The van der Waals surface area contributed by atoms with Crippen LogP contribution in [-0.4, -0.2) is 17.6 Å². The third-order valence-corrected chi connectivity index (χ3v) is 1.84. The Kier molecular flexibility index (Phi) is 3.24. The van der Waals surface area contributed by atoms with Gasteiger partial charge in [-0.05, 0) is 25.5 Å². The number of H-pyrrole nitrogens is 1. The first-order valence-corrected chi connectivity index (χ1v) is 4.41. The molecule has 1 rings (SSSR count). The predicted octanol–water partition coefficient (Wildman–Crippen LogP) is 0.732. The number of pyridine rings is 1. The minimum atomic E-state index is -0.595. The molecule has 0 radical (unpaired) electrons. The van der Waals surface area contributed by atoms with E-state index < -0.39 is 11.5 Å². The number of carbonyl (C=O) groups excluding carboxylic acids is 1. The van der Waals surface area contributed by atoms with Crippen LogP contribution in [0.25, 0.3) is 0 Å². The van der Waals surface area contributed by atoms with E-state index in [2.05, 4.69) is 4.98 Å². The highest BCUT2D eigenvalue weighted by molar-refractivity contribution is 5.87. The van der Waals surface area contributed by atoms with Gasteiger partial charge in [-0.15, -0.1) is 0 Å². The van der Waals surface area contributed by atoms with Crippen molar-refractivity contribution in [2.24, 2.45) is 0 Å². The lowest BCUT2D eigenvalue weighted by Gasteiger charge is -2.03. The number of carbonyl (C=O) groups is 1. The molecule has 0 atom stereocenters. The number of nitrogens with one attached hydrogen (secondary N) is 1. The standard InChI is InChI=1S/C10H10N2O3/c1-3-15-10(14)8-4-6(2)7(5-11)9(13)12-8/h4H,3H2,1-2H3,(H,12,13). The van der Waals surface area contributed by atoms with Gasteiger partial charge in [-0.1, -0.05) is 0 Å². The van der Waals surface area contributed by atoms with Crippen LogP contribution >= 0.6 is 0 Å². The Morgan fingerprint density at radius 2 is 2.33 bits per heavy atom. The third-order valence-electron chi connectivity index (χ3n) is 1.84. The van der Waals surface area contributed by atoms with Gasteiger partial charge in [-0.2, -0.15) is 5.26 Å². The first-order valence-electron chi connectivity index (χ1n) is 4.41. The molecule has 0 aliphatic heterocycles. The lowest BCUT2D eigenvalue weighted by atomic mass is 10.1. The van der Waals surface area contributed by atoms with Gasteiger partial charge in [0, 0.05) is 0 Å². The Bertz CT molecular complexity index is 482. The molecule has 0 aliphatic rings. The summed E-state index contributed by atoms with van der Waals surface area (Å²) in [7, 11) is 0. The van der Waals surface area contributed by atoms with Crippen molar-refractivity contribution in [3.63, 3.8) is 0 Å². The zero-order chi connectivity index (χ0) is 11.4. The lowest BCUT2D eigenvalue weighted by molar-refractivity contribution is 0.0519. The van der Waals surface area contributed by atoms with Crippen molar-refractivity contribution in [1.82, 2.24) is 4.98 Å². The molecule has 0 fully saturated rings. The second-order valence-corrected chi connectivity index (χ2v) is 2.90. The highest BCUT2D eigenvalue weighted by Crippen LogP contribution is 2.04. The number of hydrogen-bond acceptors (Lipinski definition) is 4. The maximum Gasteiger partial charge on any atom is 0.354 e. The first kappa shape index (κ1) is 11.0. The van der Waals surface area contributed by atoms with Gasteiger partial charge >= 0.3 is 5.97 Å². The quantitative estimate of drug-likeness (QED) is 0.723. The molecular formula is C10H10N2O3. The topological polar surface area (TPSA) is 82.9 Å². The SMILES string of the molecule is CCOC(=O)c1cc(C)c(C#N)c(=O)[nH]1. The van der Waals surface area contributed by atoms with Gasteiger partial charge in [-0.3, -0.25) is 4.79 Å². The van der Waals surface area contributed by atoms with Crippen molar-refractivity contribution in [3.8, 4) is 6.07 Å². The zero-order valence-electron chi connectivity index (χ0n) is 8.46. The van der Waals surface area contributed by atoms with Crippen LogP contribution in [0, 0.1) is 18.3 Å². The molecule has 0 unspecified atom stereocenters. The van der Waals surface area contributed by atoms with E-state index in [9.17, 15) is 9.59 Å². The fourth-order valence-corrected chi connectivity index (χ4v) is 1.15. The van der Waals surface area contributed by atoms with Crippen LogP contribution in [-0.2, 0) is 4.74 Å². The van der Waals surface area contributed by atoms with E-state index in [-0.39, 0.29) is 17.9 Å². The number of nitrogens with zero attached hydrogens (tertiary/aromatic N) is 1. The maximum absolute atomic E-state index is 11.3.